The number of hydrogen-bond acceptors (Lipinski definition) is 5. The van der Waals surface area contributed by atoms with Crippen molar-refractivity contribution in [2.24, 2.45) is 0 Å². The van der Waals surface area contributed by atoms with Crippen molar-refractivity contribution in [3.63, 3.8) is 0 Å². The van der Waals surface area contributed by atoms with Gasteiger partial charge in [0.2, 0.25) is 0 Å². The first-order valence-electron chi connectivity index (χ1n) is 8.56. The molecule has 1 fully saturated rings. The number of sulfone groups is 1. The average molecular weight is 440 g/mol. The summed E-state index contributed by atoms with van der Waals surface area (Å²) in [6.07, 6.45) is 0.473. The predicted molar refractivity (Wildman–Crippen MR) is 113 cm³/mol. The summed E-state index contributed by atoms with van der Waals surface area (Å²) in [5.41, 5.74) is 1.11. The van der Waals surface area contributed by atoms with Crippen LogP contribution < -0.4 is 0 Å². The van der Waals surface area contributed by atoms with E-state index in [0.29, 0.717) is 22.9 Å². The summed E-state index contributed by atoms with van der Waals surface area (Å²) in [7, 11) is -3.10. The zero-order chi connectivity index (χ0) is 19.2. The van der Waals surface area contributed by atoms with Gasteiger partial charge in [0, 0.05) is 21.0 Å². The number of carbonyl (C=O) groups excluding carboxylic acids is 1. The third kappa shape index (κ3) is 3.78. The van der Waals surface area contributed by atoms with Crippen LogP contribution in [0.3, 0.4) is 0 Å². The molecule has 4 rings (SSSR count). The van der Waals surface area contributed by atoms with Gasteiger partial charge in [0.25, 0.3) is 5.91 Å². The van der Waals surface area contributed by atoms with Gasteiger partial charge in [-0.25, -0.2) is 8.42 Å². The number of hydrogen-bond donors (Lipinski definition) is 0. The van der Waals surface area contributed by atoms with E-state index in [1.807, 2.05) is 42.6 Å². The Morgan fingerprint density at radius 2 is 2.15 bits per heavy atom. The summed E-state index contributed by atoms with van der Waals surface area (Å²) in [5.74, 6) is -0.0360. The third-order valence-electron chi connectivity index (χ3n) is 4.80. The van der Waals surface area contributed by atoms with Gasteiger partial charge in [-0.1, -0.05) is 29.8 Å². The van der Waals surface area contributed by atoms with Gasteiger partial charge >= 0.3 is 0 Å². The van der Waals surface area contributed by atoms with Crippen LogP contribution in [0.4, 0.5) is 0 Å². The van der Waals surface area contributed by atoms with Crippen LogP contribution in [-0.2, 0) is 16.4 Å². The molecule has 0 N–H and O–H groups in total. The van der Waals surface area contributed by atoms with E-state index in [1.54, 1.807) is 16.2 Å². The molecule has 1 aliphatic rings. The van der Waals surface area contributed by atoms with Gasteiger partial charge in [0.15, 0.2) is 9.84 Å². The second kappa shape index (κ2) is 7.20. The third-order valence-corrected chi connectivity index (χ3v) is 9.05. The lowest BCUT2D eigenvalue weighted by Gasteiger charge is -2.27. The fourth-order valence-electron chi connectivity index (χ4n) is 3.40. The van der Waals surface area contributed by atoms with Gasteiger partial charge in [0.1, 0.15) is 4.88 Å². The van der Waals surface area contributed by atoms with Crippen LogP contribution in [0.15, 0.2) is 35.7 Å². The molecule has 0 aliphatic carbocycles. The fourth-order valence-corrected chi connectivity index (χ4v) is 7.40. The predicted octanol–water partition coefficient (Wildman–Crippen LogP) is 4.75. The van der Waals surface area contributed by atoms with Gasteiger partial charge in [-0.2, -0.15) is 0 Å². The maximum Gasteiger partial charge on any atom is 0.266 e. The van der Waals surface area contributed by atoms with Crippen molar-refractivity contribution in [1.29, 1.82) is 0 Å². The largest absolute Gasteiger partial charge is 0.329 e. The molecule has 8 heteroatoms. The molecule has 27 heavy (non-hydrogen) atoms. The van der Waals surface area contributed by atoms with Crippen LogP contribution >= 0.6 is 34.3 Å². The smallest absolute Gasteiger partial charge is 0.266 e. The minimum atomic E-state index is -3.10. The summed E-state index contributed by atoms with van der Waals surface area (Å²) in [6, 6.07) is 9.51. The highest BCUT2D eigenvalue weighted by atomic mass is 35.5. The molecule has 2 aromatic heterocycles. The van der Waals surface area contributed by atoms with Crippen molar-refractivity contribution in [2.45, 2.75) is 25.9 Å². The highest BCUT2D eigenvalue weighted by Gasteiger charge is 2.36. The molecule has 0 bridgehead atoms. The molecule has 1 unspecified atom stereocenters. The molecule has 3 aromatic rings. The Kier molecular flexibility index (Phi) is 5.05. The van der Waals surface area contributed by atoms with E-state index < -0.39 is 9.84 Å². The highest BCUT2D eigenvalue weighted by molar-refractivity contribution is 7.91. The fraction of sp³-hybridized carbons (Fsp3) is 0.316. The summed E-state index contributed by atoms with van der Waals surface area (Å²) in [6.45, 7) is 2.40. The van der Waals surface area contributed by atoms with E-state index in [0.717, 1.165) is 20.5 Å². The Labute approximate surface area is 171 Å². The number of rotatable bonds is 4. The minimum Gasteiger partial charge on any atom is -0.329 e. The molecule has 1 aliphatic heterocycles. The van der Waals surface area contributed by atoms with Crippen molar-refractivity contribution in [2.75, 3.05) is 11.5 Å². The Bertz CT molecular complexity index is 1100. The Hall–Kier alpha value is -1.41. The molecule has 4 nitrogen and oxygen atoms in total. The number of fused-ring (bicyclic) bond motifs is 1. The van der Waals surface area contributed by atoms with Crippen molar-refractivity contribution in [3.8, 4) is 0 Å². The quantitative estimate of drug-likeness (QED) is 0.589. The molecular weight excluding hydrogens is 422 g/mol. The van der Waals surface area contributed by atoms with Crippen molar-refractivity contribution in [1.82, 2.24) is 4.90 Å². The molecule has 142 valence electrons. The van der Waals surface area contributed by atoms with E-state index in [2.05, 4.69) is 0 Å². The molecule has 1 saturated heterocycles. The SMILES string of the molecule is Cc1ccc2c(Cl)c(C(=O)N(Cc3cccs3)C3CCS(=O)(=O)C3)sc2c1. The van der Waals surface area contributed by atoms with Crippen LogP contribution in [0.2, 0.25) is 5.02 Å². The number of amides is 1. The van der Waals surface area contributed by atoms with Crippen molar-refractivity contribution >= 4 is 60.1 Å². The van der Waals surface area contributed by atoms with Gasteiger partial charge in [0.05, 0.1) is 23.1 Å². The number of aryl methyl sites for hydroxylation is 1. The zero-order valence-corrected chi connectivity index (χ0v) is 17.8. The van der Waals surface area contributed by atoms with Gasteiger partial charge < -0.3 is 4.90 Å². The van der Waals surface area contributed by atoms with Crippen LogP contribution in [0.25, 0.3) is 10.1 Å². The minimum absolute atomic E-state index is 0.0196. The van der Waals surface area contributed by atoms with Crippen LogP contribution in [0.5, 0.6) is 0 Å². The van der Waals surface area contributed by atoms with E-state index >= 15 is 0 Å². The molecule has 1 amide bonds. The molecule has 0 radical (unpaired) electrons. The topological polar surface area (TPSA) is 54.5 Å². The molecule has 1 aromatic carbocycles. The molecule has 1 atom stereocenters. The van der Waals surface area contributed by atoms with Crippen LogP contribution in [-0.4, -0.2) is 36.8 Å². The van der Waals surface area contributed by atoms with E-state index in [1.165, 1.54) is 11.3 Å². The number of nitrogens with zero attached hydrogens (tertiary/aromatic N) is 1. The lowest BCUT2D eigenvalue weighted by atomic mass is 10.1. The second-order valence-electron chi connectivity index (χ2n) is 6.81. The lowest BCUT2D eigenvalue weighted by molar-refractivity contribution is 0.0688. The number of thiophene rings is 2. The van der Waals surface area contributed by atoms with Crippen molar-refractivity contribution in [3.05, 3.63) is 56.1 Å². The number of carbonyl (C=O) groups is 1. The van der Waals surface area contributed by atoms with Gasteiger partial charge in [-0.3, -0.25) is 4.79 Å². The summed E-state index contributed by atoms with van der Waals surface area (Å²) >= 11 is 9.48. The number of benzene rings is 1. The average Bonchev–Trinajstić information content (AvgIpc) is 3.32. The maximum atomic E-state index is 13.4. The molecule has 0 saturated carbocycles. The highest BCUT2D eigenvalue weighted by Crippen LogP contribution is 2.37. The second-order valence-corrected chi connectivity index (χ2v) is 11.5. The van der Waals surface area contributed by atoms with Crippen LogP contribution in [0, 0.1) is 6.92 Å². The van der Waals surface area contributed by atoms with Crippen molar-refractivity contribution < 1.29 is 13.2 Å². The van der Waals surface area contributed by atoms with Crippen LogP contribution in [0.1, 0.15) is 26.5 Å². The molecule has 0 spiro atoms. The normalized spacial score (nSPS) is 18.8. The summed E-state index contributed by atoms with van der Waals surface area (Å²) < 4.78 is 25.0. The maximum absolute atomic E-state index is 13.4. The Morgan fingerprint density at radius 1 is 1.33 bits per heavy atom. The standard InChI is InChI=1S/C19H18ClNO3S3/c1-12-4-5-15-16(9-12)26-18(17(15)20)19(22)21(10-14-3-2-7-25-14)13-6-8-27(23,24)11-13/h2-5,7,9,13H,6,8,10-11H2,1H3. The summed E-state index contributed by atoms with van der Waals surface area (Å²) in [5, 5.41) is 3.28. The van der Waals surface area contributed by atoms with Gasteiger partial charge in [-0.15, -0.1) is 22.7 Å². The zero-order valence-electron chi connectivity index (χ0n) is 14.6. The first kappa shape index (κ1) is 18.9. The lowest BCUT2D eigenvalue weighted by Crippen LogP contribution is -2.40. The van der Waals surface area contributed by atoms with E-state index in [4.69, 9.17) is 11.6 Å². The Morgan fingerprint density at radius 3 is 2.81 bits per heavy atom. The first-order valence-corrected chi connectivity index (χ1v) is 12.5. The van der Waals surface area contributed by atoms with Gasteiger partial charge in [-0.05, 0) is 36.4 Å². The van der Waals surface area contributed by atoms with E-state index in [-0.39, 0.29) is 23.5 Å². The van der Waals surface area contributed by atoms with E-state index in [9.17, 15) is 13.2 Å². The number of halogens is 1. The summed E-state index contributed by atoms with van der Waals surface area (Å²) in [4.78, 5) is 16.6. The Balaban J connectivity index is 1.73. The molecule has 3 heterocycles. The molecular formula is C19H18ClNO3S3. The monoisotopic (exact) mass is 439 g/mol. The first-order chi connectivity index (χ1) is 12.8.